The summed E-state index contributed by atoms with van der Waals surface area (Å²) in [5.41, 5.74) is 0.394. The van der Waals surface area contributed by atoms with Crippen molar-refractivity contribution in [3.63, 3.8) is 0 Å². The van der Waals surface area contributed by atoms with E-state index in [2.05, 4.69) is 0 Å². The Balaban J connectivity index is 2.65. The van der Waals surface area contributed by atoms with Crippen molar-refractivity contribution in [2.75, 3.05) is 19.8 Å². The lowest BCUT2D eigenvalue weighted by Crippen LogP contribution is -2.15. The Morgan fingerprint density at radius 3 is 2.20 bits per heavy atom. The highest BCUT2D eigenvalue weighted by atomic mass is 16.6. The van der Waals surface area contributed by atoms with Gasteiger partial charge in [0.15, 0.2) is 0 Å². The Labute approximate surface area is 118 Å². The van der Waals surface area contributed by atoms with Crippen molar-refractivity contribution >= 4 is 11.9 Å². The predicted octanol–water partition coefficient (Wildman–Crippen LogP) is 2.57. The minimum atomic E-state index is -0.572. The van der Waals surface area contributed by atoms with E-state index in [4.69, 9.17) is 14.2 Å². The zero-order valence-electron chi connectivity index (χ0n) is 11.6. The zero-order valence-corrected chi connectivity index (χ0v) is 11.6. The van der Waals surface area contributed by atoms with E-state index in [1.807, 2.05) is 6.92 Å². The second-order valence-corrected chi connectivity index (χ2v) is 3.74. The van der Waals surface area contributed by atoms with Gasteiger partial charge in [-0.3, -0.25) is 0 Å². The molecule has 0 saturated carbocycles. The van der Waals surface area contributed by atoms with E-state index in [1.54, 1.807) is 25.1 Å². The highest BCUT2D eigenvalue weighted by Crippen LogP contribution is 2.12. The Morgan fingerprint density at radius 1 is 1.05 bits per heavy atom. The van der Waals surface area contributed by atoms with E-state index < -0.39 is 11.9 Å². The molecule has 20 heavy (non-hydrogen) atoms. The zero-order chi connectivity index (χ0) is 14.8. The average Bonchev–Trinajstić information content (AvgIpc) is 2.47. The van der Waals surface area contributed by atoms with Crippen molar-refractivity contribution < 1.29 is 23.8 Å². The molecular weight excluding hydrogens is 260 g/mol. The maximum Gasteiger partial charge on any atom is 0.339 e. The Hall–Kier alpha value is -2.30. The third-order valence-corrected chi connectivity index (χ3v) is 2.31. The van der Waals surface area contributed by atoms with E-state index in [9.17, 15) is 9.59 Å². The van der Waals surface area contributed by atoms with Crippen LogP contribution in [0.25, 0.3) is 0 Å². The number of esters is 2. The first-order valence-corrected chi connectivity index (χ1v) is 6.36. The smallest absolute Gasteiger partial charge is 0.339 e. The fourth-order valence-electron chi connectivity index (χ4n) is 1.47. The lowest BCUT2D eigenvalue weighted by Gasteiger charge is -2.08. The Kier molecular flexibility index (Phi) is 6.89. The standard InChI is InChI=1S/C15H18O5/c1-3-9-18-10-11-20-15(17)13-8-6-5-7-12(13)14(16)19-4-2/h3,5-9H,4,10-11H2,1-2H3. The van der Waals surface area contributed by atoms with Crippen molar-refractivity contribution in [1.82, 2.24) is 0 Å². The van der Waals surface area contributed by atoms with Crippen LogP contribution < -0.4 is 0 Å². The number of benzene rings is 1. The predicted molar refractivity (Wildman–Crippen MR) is 73.4 cm³/mol. The Bertz CT molecular complexity index is 479. The van der Waals surface area contributed by atoms with Gasteiger partial charge in [0.1, 0.15) is 13.2 Å². The van der Waals surface area contributed by atoms with Crippen molar-refractivity contribution in [3.05, 3.63) is 47.7 Å². The highest BCUT2D eigenvalue weighted by molar-refractivity contribution is 6.03. The molecule has 1 rings (SSSR count). The molecule has 5 heteroatoms. The largest absolute Gasteiger partial charge is 0.498 e. The summed E-state index contributed by atoms with van der Waals surface area (Å²) in [5.74, 6) is -1.11. The quantitative estimate of drug-likeness (QED) is 0.436. The van der Waals surface area contributed by atoms with Crippen LogP contribution >= 0.6 is 0 Å². The molecule has 0 aliphatic heterocycles. The fourth-order valence-corrected chi connectivity index (χ4v) is 1.47. The maximum absolute atomic E-state index is 11.9. The third-order valence-electron chi connectivity index (χ3n) is 2.31. The van der Waals surface area contributed by atoms with Crippen molar-refractivity contribution in [1.29, 1.82) is 0 Å². The van der Waals surface area contributed by atoms with Crippen LogP contribution in [0.3, 0.4) is 0 Å². The number of hydrogen-bond acceptors (Lipinski definition) is 5. The van der Waals surface area contributed by atoms with Gasteiger partial charge in [0.2, 0.25) is 0 Å². The lowest BCUT2D eigenvalue weighted by atomic mass is 10.1. The molecule has 0 unspecified atom stereocenters. The van der Waals surface area contributed by atoms with Gasteiger partial charge < -0.3 is 14.2 Å². The first-order valence-electron chi connectivity index (χ1n) is 6.36. The summed E-state index contributed by atoms with van der Waals surface area (Å²) in [7, 11) is 0. The van der Waals surface area contributed by atoms with E-state index >= 15 is 0 Å². The molecule has 0 heterocycles. The summed E-state index contributed by atoms with van der Waals surface area (Å²) >= 11 is 0. The van der Waals surface area contributed by atoms with Gasteiger partial charge >= 0.3 is 11.9 Å². The summed E-state index contributed by atoms with van der Waals surface area (Å²) in [6, 6.07) is 6.39. The summed E-state index contributed by atoms with van der Waals surface area (Å²) in [6.07, 6.45) is 3.25. The van der Waals surface area contributed by atoms with Gasteiger partial charge in [0.05, 0.1) is 24.0 Å². The molecule has 0 saturated heterocycles. The van der Waals surface area contributed by atoms with Crippen molar-refractivity contribution in [3.8, 4) is 0 Å². The van der Waals surface area contributed by atoms with E-state index in [-0.39, 0.29) is 30.9 Å². The van der Waals surface area contributed by atoms with Crippen molar-refractivity contribution in [2.45, 2.75) is 13.8 Å². The second-order valence-electron chi connectivity index (χ2n) is 3.74. The monoisotopic (exact) mass is 278 g/mol. The number of hydrogen-bond donors (Lipinski definition) is 0. The summed E-state index contributed by atoms with van der Waals surface area (Å²) in [5, 5.41) is 0. The molecule has 0 N–H and O–H groups in total. The molecule has 0 spiro atoms. The molecular formula is C15H18O5. The molecule has 1 aromatic carbocycles. The number of carbonyl (C=O) groups is 2. The van der Waals surface area contributed by atoms with Gasteiger partial charge in [-0.1, -0.05) is 18.2 Å². The molecule has 0 radical (unpaired) electrons. The van der Waals surface area contributed by atoms with Crippen LogP contribution in [0.1, 0.15) is 34.6 Å². The SMILES string of the molecule is CC=COCCOC(=O)c1ccccc1C(=O)OCC. The first-order chi connectivity index (χ1) is 9.70. The van der Waals surface area contributed by atoms with Crippen LogP contribution in [0.2, 0.25) is 0 Å². The van der Waals surface area contributed by atoms with Crippen LogP contribution in [0.15, 0.2) is 36.6 Å². The topological polar surface area (TPSA) is 61.8 Å². The minimum absolute atomic E-state index is 0.111. The van der Waals surface area contributed by atoms with Gasteiger partial charge in [-0.25, -0.2) is 9.59 Å². The third kappa shape index (κ3) is 4.76. The molecule has 0 aliphatic carbocycles. The van der Waals surface area contributed by atoms with Crippen LogP contribution in [-0.2, 0) is 14.2 Å². The van der Waals surface area contributed by atoms with E-state index in [0.717, 1.165) is 0 Å². The van der Waals surface area contributed by atoms with Crippen molar-refractivity contribution in [2.24, 2.45) is 0 Å². The van der Waals surface area contributed by atoms with Crippen LogP contribution in [-0.4, -0.2) is 31.8 Å². The maximum atomic E-state index is 11.9. The molecule has 108 valence electrons. The number of rotatable bonds is 7. The average molecular weight is 278 g/mol. The van der Waals surface area contributed by atoms with Gasteiger partial charge in [0.25, 0.3) is 0 Å². The summed E-state index contributed by atoms with van der Waals surface area (Å²) in [4.78, 5) is 23.6. The summed E-state index contributed by atoms with van der Waals surface area (Å²) in [6.45, 7) is 4.15. The number of allylic oxidation sites excluding steroid dienone is 1. The fraction of sp³-hybridized carbons (Fsp3) is 0.333. The molecule has 5 nitrogen and oxygen atoms in total. The van der Waals surface area contributed by atoms with Gasteiger partial charge in [-0.05, 0) is 26.0 Å². The normalized spacial score (nSPS) is 10.3. The highest BCUT2D eigenvalue weighted by Gasteiger charge is 2.18. The molecule has 0 bridgehead atoms. The molecule has 0 atom stereocenters. The first kappa shape index (κ1) is 15.8. The minimum Gasteiger partial charge on any atom is -0.498 e. The molecule has 0 aliphatic rings. The lowest BCUT2D eigenvalue weighted by molar-refractivity contribution is 0.0403. The summed E-state index contributed by atoms with van der Waals surface area (Å²) < 4.78 is 15.0. The van der Waals surface area contributed by atoms with Gasteiger partial charge in [-0.2, -0.15) is 0 Å². The van der Waals surface area contributed by atoms with Gasteiger partial charge in [0, 0.05) is 0 Å². The van der Waals surface area contributed by atoms with Crippen LogP contribution in [0.5, 0.6) is 0 Å². The second kappa shape index (κ2) is 8.74. The number of ether oxygens (including phenoxy) is 3. The van der Waals surface area contributed by atoms with Crippen LogP contribution in [0.4, 0.5) is 0 Å². The molecule has 1 aromatic rings. The van der Waals surface area contributed by atoms with Crippen LogP contribution in [0, 0.1) is 0 Å². The molecule has 0 amide bonds. The van der Waals surface area contributed by atoms with Gasteiger partial charge in [-0.15, -0.1) is 0 Å². The molecule has 0 fully saturated rings. The van der Waals surface area contributed by atoms with E-state index in [0.29, 0.717) is 0 Å². The van der Waals surface area contributed by atoms with E-state index in [1.165, 1.54) is 18.4 Å². The number of carbonyl (C=O) groups excluding carboxylic acids is 2. The Morgan fingerprint density at radius 2 is 1.65 bits per heavy atom. The molecule has 0 aromatic heterocycles.